The lowest BCUT2D eigenvalue weighted by molar-refractivity contribution is 0.250. The Morgan fingerprint density at radius 2 is 2.06 bits per heavy atom. The molecule has 0 amide bonds. The van der Waals surface area contributed by atoms with E-state index in [9.17, 15) is 0 Å². The molecule has 0 saturated carbocycles. The molecule has 2 N–H and O–H groups in total. The van der Waals surface area contributed by atoms with Crippen LogP contribution in [-0.2, 0) is 19.6 Å². The van der Waals surface area contributed by atoms with Gasteiger partial charge in [0.15, 0.2) is 0 Å². The highest BCUT2D eigenvalue weighted by molar-refractivity contribution is 7.11. The van der Waals surface area contributed by atoms with Crippen molar-refractivity contribution >= 4 is 11.3 Å². The highest BCUT2D eigenvalue weighted by Crippen LogP contribution is 2.18. The van der Waals surface area contributed by atoms with Gasteiger partial charge in [-0.3, -0.25) is 4.90 Å². The van der Waals surface area contributed by atoms with E-state index in [2.05, 4.69) is 24.0 Å². The second-order valence-corrected chi connectivity index (χ2v) is 5.21. The second kappa shape index (κ2) is 6.00. The Bertz CT molecular complexity index is 436. The molecule has 0 radical (unpaired) electrons. The normalized spacial score (nSPS) is 11.2. The van der Waals surface area contributed by atoms with E-state index < -0.39 is 0 Å². The molecule has 17 heavy (non-hydrogen) atoms. The number of nitrogens with zero attached hydrogens (tertiary/aromatic N) is 1. The Hall–Kier alpha value is -1.10. The van der Waals surface area contributed by atoms with Crippen LogP contribution < -0.4 is 5.73 Å². The maximum atomic E-state index is 5.62. The molecule has 2 aromatic rings. The van der Waals surface area contributed by atoms with E-state index in [1.165, 1.54) is 9.75 Å². The fraction of sp³-hybridized carbons (Fsp3) is 0.385. The molecule has 2 heterocycles. The van der Waals surface area contributed by atoms with Gasteiger partial charge in [0.05, 0.1) is 12.8 Å². The molecule has 2 aromatic heterocycles. The molecule has 3 nitrogen and oxygen atoms in total. The number of hydrogen-bond acceptors (Lipinski definition) is 4. The summed E-state index contributed by atoms with van der Waals surface area (Å²) in [6.45, 7) is 5.63. The minimum atomic E-state index is 0.634. The zero-order valence-corrected chi connectivity index (χ0v) is 10.9. The summed E-state index contributed by atoms with van der Waals surface area (Å²) in [5.41, 5.74) is 5.62. The summed E-state index contributed by atoms with van der Waals surface area (Å²) in [4.78, 5) is 4.96. The molecule has 0 aromatic carbocycles. The second-order valence-electron chi connectivity index (χ2n) is 3.95. The SMILES string of the molecule is CCN(Cc1ccco1)Cc1ccc(CN)s1. The van der Waals surface area contributed by atoms with Gasteiger partial charge in [0.1, 0.15) is 5.76 Å². The maximum absolute atomic E-state index is 5.62. The van der Waals surface area contributed by atoms with E-state index in [1.54, 1.807) is 17.6 Å². The van der Waals surface area contributed by atoms with Gasteiger partial charge in [-0.25, -0.2) is 0 Å². The van der Waals surface area contributed by atoms with Crippen LogP contribution in [0.3, 0.4) is 0 Å². The molecule has 0 aliphatic rings. The van der Waals surface area contributed by atoms with E-state index in [0.29, 0.717) is 6.54 Å². The van der Waals surface area contributed by atoms with Crippen molar-refractivity contribution in [1.29, 1.82) is 0 Å². The molecule has 92 valence electrons. The molecule has 0 aliphatic carbocycles. The zero-order valence-electron chi connectivity index (χ0n) is 10.1. The third kappa shape index (κ3) is 3.43. The first-order chi connectivity index (χ1) is 8.31. The molecule has 0 spiro atoms. The molecule has 0 aliphatic heterocycles. The number of nitrogens with two attached hydrogens (primary N) is 1. The molecule has 0 bridgehead atoms. The Balaban J connectivity index is 1.95. The molecular formula is C13H18N2OS. The van der Waals surface area contributed by atoms with Crippen LogP contribution in [0.4, 0.5) is 0 Å². The van der Waals surface area contributed by atoms with Crippen LogP contribution in [0.25, 0.3) is 0 Å². The Kier molecular flexibility index (Phi) is 4.36. The highest BCUT2D eigenvalue weighted by atomic mass is 32.1. The van der Waals surface area contributed by atoms with E-state index in [-0.39, 0.29) is 0 Å². The Morgan fingerprint density at radius 1 is 1.24 bits per heavy atom. The van der Waals surface area contributed by atoms with Crippen molar-refractivity contribution in [1.82, 2.24) is 4.90 Å². The number of thiophene rings is 1. The van der Waals surface area contributed by atoms with Gasteiger partial charge in [0.2, 0.25) is 0 Å². The van der Waals surface area contributed by atoms with Gasteiger partial charge in [-0.15, -0.1) is 11.3 Å². The summed E-state index contributed by atoms with van der Waals surface area (Å²) >= 11 is 1.79. The fourth-order valence-electron chi connectivity index (χ4n) is 1.74. The summed E-state index contributed by atoms with van der Waals surface area (Å²) in [5, 5.41) is 0. The topological polar surface area (TPSA) is 42.4 Å². The molecular weight excluding hydrogens is 232 g/mol. The van der Waals surface area contributed by atoms with Crippen molar-refractivity contribution in [3.63, 3.8) is 0 Å². The summed E-state index contributed by atoms with van der Waals surface area (Å²) in [6, 6.07) is 8.22. The van der Waals surface area contributed by atoms with Gasteiger partial charge in [0, 0.05) is 22.8 Å². The van der Waals surface area contributed by atoms with E-state index in [0.717, 1.165) is 25.4 Å². The van der Waals surface area contributed by atoms with Crippen molar-refractivity contribution < 1.29 is 4.42 Å². The van der Waals surface area contributed by atoms with Crippen molar-refractivity contribution in [2.75, 3.05) is 6.54 Å². The lowest BCUT2D eigenvalue weighted by Gasteiger charge is -2.17. The monoisotopic (exact) mass is 250 g/mol. The van der Waals surface area contributed by atoms with Crippen LogP contribution in [0.5, 0.6) is 0 Å². The smallest absolute Gasteiger partial charge is 0.117 e. The third-order valence-corrected chi connectivity index (χ3v) is 3.80. The highest BCUT2D eigenvalue weighted by Gasteiger charge is 2.08. The largest absolute Gasteiger partial charge is 0.468 e. The van der Waals surface area contributed by atoms with E-state index in [4.69, 9.17) is 10.2 Å². The average Bonchev–Trinajstić information content (AvgIpc) is 2.99. The number of rotatable bonds is 6. The third-order valence-electron chi connectivity index (χ3n) is 2.70. The molecule has 4 heteroatoms. The zero-order chi connectivity index (χ0) is 12.1. The van der Waals surface area contributed by atoms with Gasteiger partial charge in [0.25, 0.3) is 0 Å². The van der Waals surface area contributed by atoms with Crippen LogP contribution in [0.1, 0.15) is 22.4 Å². The van der Waals surface area contributed by atoms with Gasteiger partial charge in [-0.2, -0.15) is 0 Å². The quantitative estimate of drug-likeness (QED) is 0.857. The first-order valence-electron chi connectivity index (χ1n) is 5.84. The molecule has 0 unspecified atom stereocenters. The van der Waals surface area contributed by atoms with Crippen molar-refractivity contribution in [2.24, 2.45) is 5.73 Å². The first-order valence-corrected chi connectivity index (χ1v) is 6.66. The standard InChI is InChI=1S/C13H18N2OS/c1-2-15(9-11-4-3-7-16-11)10-13-6-5-12(8-14)17-13/h3-7H,2,8-10,14H2,1H3. The van der Waals surface area contributed by atoms with Gasteiger partial charge in [-0.05, 0) is 30.8 Å². The molecule has 0 saturated heterocycles. The lowest BCUT2D eigenvalue weighted by atomic mass is 10.3. The van der Waals surface area contributed by atoms with Crippen molar-refractivity contribution in [3.05, 3.63) is 46.0 Å². The maximum Gasteiger partial charge on any atom is 0.117 e. The first kappa shape index (κ1) is 12.4. The van der Waals surface area contributed by atoms with Crippen LogP contribution in [0, 0.1) is 0 Å². The van der Waals surface area contributed by atoms with Crippen LogP contribution >= 0.6 is 11.3 Å². The lowest BCUT2D eigenvalue weighted by Crippen LogP contribution is -2.21. The number of hydrogen-bond donors (Lipinski definition) is 1. The van der Waals surface area contributed by atoms with Crippen molar-refractivity contribution in [3.8, 4) is 0 Å². The van der Waals surface area contributed by atoms with E-state index in [1.807, 2.05) is 12.1 Å². The fourth-order valence-corrected chi connectivity index (χ4v) is 2.68. The minimum Gasteiger partial charge on any atom is -0.468 e. The summed E-state index contributed by atoms with van der Waals surface area (Å²) in [6.07, 6.45) is 1.72. The summed E-state index contributed by atoms with van der Waals surface area (Å²) in [7, 11) is 0. The molecule has 0 atom stereocenters. The van der Waals surface area contributed by atoms with Crippen LogP contribution in [0.15, 0.2) is 34.9 Å². The summed E-state index contributed by atoms with van der Waals surface area (Å²) < 4.78 is 5.37. The summed E-state index contributed by atoms with van der Waals surface area (Å²) in [5.74, 6) is 1.02. The average molecular weight is 250 g/mol. The van der Waals surface area contributed by atoms with Gasteiger partial charge in [-0.1, -0.05) is 6.92 Å². The van der Waals surface area contributed by atoms with Gasteiger partial charge < -0.3 is 10.2 Å². The molecule has 0 fully saturated rings. The van der Waals surface area contributed by atoms with Crippen LogP contribution in [-0.4, -0.2) is 11.4 Å². The number of furan rings is 1. The van der Waals surface area contributed by atoms with Gasteiger partial charge >= 0.3 is 0 Å². The minimum absolute atomic E-state index is 0.634. The predicted molar refractivity (Wildman–Crippen MR) is 70.7 cm³/mol. The van der Waals surface area contributed by atoms with Crippen LogP contribution in [0.2, 0.25) is 0 Å². The Morgan fingerprint density at radius 3 is 2.65 bits per heavy atom. The van der Waals surface area contributed by atoms with Crippen molar-refractivity contribution in [2.45, 2.75) is 26.6 Å². The Labute approximate surface area is 106 Å². The molecule has 2 rings (SSSR count). The predicted octanol–water partition coefficient (Wildman–Crippen LogP) is 2.82. The van der Waals surface area contributed by atoms with E-state index >= 15 is 0 Å².